The Balaban J connectivity index is 2.56. The lowest BCUT2D eigenvalue weighted by atomic mass is 10.2. The summed E-state index contributed by atoms with van der Waals surface area (Å²) < 4.78 is 5.39. The molecule has 2 N–H and O–H groups in total. The minimum absolute atomic E-state index is 0.0950. The number of nitrogens with one attached hydrogen (secondary N) is 2. The van der Waals surface area contributed by atoms with Crippen LogP contribution in [0, 0.1) is 6.92 Å². The minimum Gasteiger partial charge on any atom is -0.377 e. The molecule has 112 valence electrons. The van der Waals surface area contributed by atoms with E-state index in [2.05, 4.69) is 22.5 Å². The van der Waals surface area contributed by atoms with E-state index in [-0.39, 0.29) is 12.0 Å². The van der Waals surface area contributed by atoms with Gasteiger partial charge in [0.25, 0.3) is 5.91 Å². The summed E-state index contributed by atoms with van der Waals surface area (Å²) in [6.45, 7) is 9.80. The van der Waals surface area contributed by atoms with Crippen molar-refractivity contribution in [3.63, 3.8) is 0 Å². The minimum atomic E-state index is -0.0950. The number of rotatable bonds is 8. The Labute approximate surface area is 121 Å². The van der Waals surface area contributed by atoms with Gasteiger partial charge >= 0.3 is 0 Å². The fourth-order valence-electron chi connectivity index (χ4n) is 1.70. The average molecular weight is 279 g/mol. The molecule has 0 aliphatic heterocycles. The number of carbonyl (C=O) groups excluding carboxylic acids is 1. The molecule has 0 aliphatic carbocycles. The SMILES string of the molecule is CCCNc1cc(C(=O)NCCOC(C)C)cc(C)n1. The molecule has 1 aromatic rings. The highest BCUT2D eigenvalue weighted by Crippen LogP contribution is 2.10. The smallest absolute Gasteiger partial charge is 0.251 e. The van der Waals surface area contributed by atoms with Gasteiger partial charge in [-0.05, 0) is 39.3 Å². The van der Waals surface area contributed by atoms with Crippen molar-refractivity contribution < 1.29 is 9.53 Å². The molecule has 1 amide bonds. The molecule has 1 heterocycles. The molecule has 0 atom stereocenters. The fourth-order valence-corrected chi connectivity index (χ4v) is 1.70. The van der Waals surface area contributed by atoms with Gasteiger partial charge in [-0.15, -0.1) is 0 Å². The second kappa shape index (κ2) is 8.53. The predicted molar refractivity (Wildman–Crippen MR) is 81.2 cm³/mol. The van der Waals surface area contributed by atoms with Crippen molar-refractivity contribution >= 4 is 11.7 Å². The maximum absolute atomic E-state index is 12.0. The molecule has 0 radical (unpaired) electrons. The molecule has 5 heteroatoms. The first-order chi connectivity index (χ1) is 9.52. The van der Waals surface area contributed by atoms with Gasteiger partial charge in [-0.25, -0.2) is 4.98 Å². The van der Waals surface area contributed by atoms with Gasteiger partial charge in [0.05, 0.1) is 12.7 Å². The van der Waals surface area contributed by atoms with E-state index >= 15 is 0 Å². The van der Waals surface area contributed by atoms with Crippen LogP contribution in [0.25, 0.3) is 0 Å². The topological polar surface area (TPSA) is 63.2 Å². The monoisotopic (exact) mass is 279 g/mol. The van der Waals surface area contributed by atoms with Crippen LogP contribution in [-0.2, 0) is 4.74 Å². The van der Waals surface area contributed by atoms with Crippen LogP contribution in [0.3, 0.4) is 0 Å². The summed E-state index contributed by atoms with van der Waals surface area (Å²) in [5, 5.41) is 6.04. The normalized spacial score (nSPS) is 10.7. The van der Waals surface area contributed by atoms with Crippen molar-refractivity contribution in [2.75, 3.05) is 25.0 Å². The summed E-state index contributed by atoms with van der Waals surface area (Å²) >= 11 is 0. The number of anilines is 1. The zero-order valence-corrected chi connectivity index (χ0v) is 12.8. The molecule has 0 spiro atoms. The van der Waals surface area contributed by atoms with Gasteiger partial charge in [0, 0.05) is 24.3 Å². The fraction of sp³-hybridized carbons (Fsp3) is 0.600. The molecule has 0 aliphatic rings. The van der Waals surface area contributed by atoms with Crippen LogP contribution in [0.1, 0.15) is 43.2 Å². The summed E-state index contributed by atoms with van der Waals surface area (Å²) in [5.41, 5.74) is 1.45. The van der Waals surface area contributed by atoms with Crippen LogP contribution in [0.4, 0.5) is 5.82 Å². The largest absolute Gasteiger partial charge is 0.377 e. The van der Waals surface area contributed by atoms with Crippen molar-refractivity contribution in [2.24, 2.45) is 0 Å². The molecule has 20 heavy (non-hydrogen) atoms. The number of amides is 1. The lowest BCUT2D eigenvalue weighted by Crippen LogP contribution is -2.28. The Hall–Kier alpha value is -1.62. The van der Waals surface area contributed by atoms with Gasteiger partial charge in [0.15, 0.2) is 0 Å². The van der Waals surface area contributed by atoms with E-state index in [1.165, 1.54) is 0 Å². The first kappa shape index (κ1) is 16.4. The van der Waals surface area contributed by atoms with E-state index in [0.717, 1.165) is 24.5 Å². The summed E-state index contributed by atoms with van der Waals surface area (Å²) in [5.74, 6) is 0.651. The Kier molecular flexibility index (Phi) is 7.01. The third-order valence-electron chi connectivity index (χ3n) is 2.61. The number of nitrogens with zero attached hydrogens (tertiary/aromatic N) is 1. The highest BCUT2D eigenvalue weighted by Gasteiger charge is 2.08. The summed E-state index contributed by atoms with van der Waals surface area (Å²) in [6.07, 6.45) is 1.20. The van der Waals surface area contributed by atoms with Crippen LogP contribution < -0.4 is 10.6 Å². The van der Waals surface area contributed by atoms with Crippen LogP contribution in [-0.4, -0.2) is 36.7 Å². The zero-order valence-electron chi connectivity index (χ0n) is 12.8. The van der Waals surface area contributed by atoms with E-state index in [1.807, 2.05) is 20.8 Å². The van der Waals surface area contributed by atoms with Gasteiger partial charge in [0.2, 0.25) is 0 Å². The molecule has 0 saturated carbocycles. The molecule has 0 bridgehead atoms. The Morgan fingerprint density at radius 1 is 1.35 bits per heavy atom. The van der Waals surface area contributed by atoms with Crippen LogP contribution in [0.2, 0.25) is 0 Å². The summed E-state index contributed by atoms with van der Waals surface area (Å²) in [7, 11) is 0. The zero-order chi connectivity index (χ0) is 15.0. The van der Waals surface area contributed by atoms with Crippen LogP contribution in [0.5, 0.6) is 0 Å². The molecule has 0 unspecified atom stereocenters. The lowest BCUT2D eigenvalue weighted by molar-refractivity contribution is 0.0746. The van der Waals surface area contributed by atoms with Crippen molar-refractivity contribution in [3.05, 3.63) is 23.4 Å². The first-order valence-corrected chi connectivity index (χ1v) is 7.15. The van der Waals surface area contributed by atoms with Gasteiger partial charge < -0.3 is 15.4 Å². The van der Waals surface area contributed by atoms with Crippen molar-refractivity contribution in [1.82, 2.24) is 10.3 Å². The molecule has 5 nitrogen and oxygen atoms in total. The van der Waals surface area contributed by atoms with E-state index in [4.69, 9.17) is 4.74 Å². The lowest BCUT2D eigenvalue weighted by Gasteiger charge is -2.10. The van der Waals surface area contributed by atoms with E-state index < -0.39 is 0 Å². The molecule has 0 saturated heterocycles. The predicted octanol–water partition coefficient (Wildman–Crippen LogP) is 2.37. The number of carbonyl (C=O) groups is 1. The number of aryl methyl sites for hydroxylation is 1. The van der Waals surface area contributed by atoms with Crippen LogP contribution in [0.15, 0.2) is 12.1 Å². The van der Waals surface area contributed by atoms with Gasteiger partial charge in [-0.1, -0.05) is 6.92 Å². The molecule has 1 rings (SSSR count). The first-order valence-electron chi connectivity index (χ1n) is 7.15. The molecule has 1 aromatic heterocycles. The third kappa shape index (κ3) is 6.02. The van der Waals surface area contributed by atoms with Crippen LogP contribution >= 0.6 is 0 Å². The maximum atomic E-state index is 12.0. The van der Waals surface area contributed by atoms with Gasteiger partial charge in [-0.3, -0.25) is 4.79 Å². The number of pyridine rings is 1. The molecule has 0 fully saturated rings. The van der Waals surface area contributed by atoms with E-state index in [0.29, 0.717) is 18.7 Å². The Morgan fingerprint density at radius 3 is 2.75 bits per heavy atom. The number of hydrogen-bond acceptors (Lipinski definition) is 4. The van der Waals surface area contributed by atoms with Crippen molar-refractivity contribution in [2.45, 2.75) is 40.2 Å². The van der Waals surface area contributed by atoms with Crippen molar-refractivity contribution in [3.8, 4) is 0 Å². The Bertz CT molecular complexity index is 433. The number of ether oxygens (including phenoxy) is 1. The Morgan fingerprint density at radius 2 is 2.10 bits per heavy atom. The number of aromatic nitrogens is 1. The summed E-state index contributed by atoms with van der Waals surface area (Å²) in [6, 6.07) is 3.57. The standard InChI is InChI=1S/C15H25N3O2/c1-5-6-16-14-10-13(9-12(4)18-14)15(19)17-7-8-20-11(2)3/h9-11H,5-8H2,1-4H3,(H,16,18)(H,17,19). The quantitative estimate of drug-likeness (QED) is 0.717. The molecular weight excluding hydrogens is 254 g/mol. The van der Waals surface area contributed by atoms with Gasteiger partial charge in [0.1, 0.15) is 5.82 Å². The maximum Gasteiger partial charge on any atom is 0.251 e. The summed E-state index contributed by atoms with van der Waals surface area (Å²) in [4.78, 5) is 16.4. The van der Waals surface area contributed by atoms with Gasteiger partial charge in [-0.2, -0.15) is 0 Å². The second-order valence-corrected chi connectivity index (χ2v) is 4.98. The average Bonchev–Trinajstić information content (AvgIpc) is 2.40. The van der Waals surface area contributed by atoms with Crippen molar-refractivity contribution in [1.29, 1.82) is 0 Å². The number of hydrogen-bond donors (Lipinski definition) is 2. The highest BCUT2D eigenvalue weighted by atomic mass is 16.5. The van der Waals surface area contributed by atoms with E-state index in [1.54, 1.807) is 12.1 Å². The van der Waals surface area contributed by atoms with E-state index in [9.17, 15) is 4.79 Å². The molecule has 0 aromatic carbocycles. The second-order valence-electron chi connectivity index (χ2n) is 4.98. The third-order valence-corrected chi connectivity index (χ3v) is 2.61. The highest BCUT2D eigenvalue weighted by molar-refractivity contribution is 5.94. The molecular formula is C15H25N3O2.